The molecule has 7 rings (SSSR count). The Bertz CT molecular complexity index is 2050. The van der Waals surface area contributed by atoms with Crippen LogP contribution in [0.1, 0.15) is 5.56 Å². The number of nitrogens with zero attached hydrogens (tertiary/aromatic N) is 5. The van der Waals surface area contributed by atoms with Crippen molar-refractivity contribution in [1.82, 2.24) is 19.4 Å². The molecule has 0 fully saturated rings. The third kappa shape index (κ3) is 3.36. The lowest BCUT2D eigenvalue weighted by molar-refractivity contribution is 0.652. The van der Waals surface area contributed by atoms with Gasteiger partial charge in [0.1, 0.15) is 11.6 Å². The summed E-state index contributed by atoms with van der Waals surface area (Å²) in [5, 5.41) is 10.9. The van der Waals surface area contributed by atoms with Crippen molar-refractivity contribution in [2.24, 2.45) is 0 Å². The minimum absolute atomic E-state index is 0.217. The van der Waals surface area contributed by atoms with E-state index < -0.39 is 0 Å². The highest BCUT2D eigenvalue weighted by Gasteiger charge is 2.19. The summed E-state index contributed by atoms with van der Waals surface area (Å²) in [6.07, 6.45) is 0. The standard InChI is InChI=1S/C31H17N5O2/c32-18-24-22-13-7-8-14-23(22)30(37)36-25-16-15-21(17-26(25)38-31(24)36)29-34-27(19-9-3-1-4-10-19)33-28(35-29)20-11-5-2-6-12-20/h1-17H. The molecule has 0 N–H and O–H groups in total. The molecule has 0 bridgehead atoms. The minimum atomic E-state index is -0.237. The molecule has 3 heterocycles. The van der Waals surface area contributed by atoms with Crippen LogP contribution in [-0.4, -0.2) is 19.4 Å². The highest BCUT2D eigenvalue weighted by molar-refractivity contribution is 5.94. The number of rotatable bonds is 3. The molecule has 0 amide bonds. The van der Waals surface area contributed by atoms with Crippen LogP contribution in [0.5, 0.6) is 0 Å². The second-order valence-corrected chi connectivity index (χ2v) is 8.80. The van der Waals surface area contributed by atoms with Gasteiger partial charge in [-0.05, 0) is 24.3 Å². The topological polar surface area (TPSA) is 97.1 Å². The average molecular weight is 492 g/mol. The summed E-state index contributed by atoms with van der Waals surface area (Å²) in [6.45, 7) is 0. The predicted molar refractivity (Wildman–Crippen MR) is 145 cm³/mol. The largest absolute Gasteiger partial charge is 0.437 e. The predicted octanol–water partition coefficient (Wildman–Crippen LogP) is 6.26. The van der Waals surface area contributed by atoms with Crippen molar-refractivity contribution in [3.8, 4) is 40.2 Å². The Morgan fingerprint density at radius 3 is 1.82 bits per heavy atom. The quantitative estimate of drug-likeness (QED) is 0.290. The number of hydrogen-bond donors (Lipinski definition) is 0. The number of benzene rings is 4. The van der Waals surface area contributed by atoms with Gasteiger partial charge in [0.2, 0.25) is 5.71 Å². The van der Waals surface area contributed by atoms with Gasteiger partial charge in [-0.25, -0.2) is 19.4 Å². The zero-order valence-electron chi connectivity index (χ0n) is 19.9. The SMILES string of the molecule is N#Cc1c2ccccc2c(=O)n2c1oc1cc(-c3nc(-c4ccccc4)nc(-c4ccccc4)n3)ccc12. The van der Waals surface area contributed by atoms with E-state index in [-0.39, 0.29) is 11.3 Å². The normalized spacial score (nSPS) is 11.2. The Kier molecular flexibility index (Phi) is 4.85. The molecule has 3 aromatic heterocycles. The van der Waals surface area contributed by atoms with E-state index in [2.05, 4.69) is 6.07 Å². The highest BCUT2D eigenvalue weighted by atomic mass is 16.3. The van der Waals surface area contributed by atoms with E-state index in [9.17, 15) is 10.1 Å². The fourth-order valence-corrected chi connectivity index (χ4v) is 4.71. The molecule has 7 heteroatoms. The first-order valence-electron chi connectivity index (χ1n) is 12.0. The van der Waals surface area contributed by atoms with Crippen LogP contribution in [0.15, 0.2) is 112 Å². The van der Waals surface area contributed by atoms with Gasteiger partial charge in [-0.2, -0.15) is 5.26 Å². The number of pyridine rings is 1. The van der Waals surface area contributed by atoms with Crippen LogP contribution in [0.25, 0.3) is 61.7 Å². The van der Waals surface area contributed by atoms with E-state index in [1.807, 2.05) is 66.7 Å². The number of hydrogen-bond acceptors (Lipinski definition) is 6. The zero-order valence-corrected chi connectivity index (χ0v) is 19.9. The van der Waals surface area contributed by atoms with E-state index in [0.717, 1.165) is 11.1 Å². The molecule has 0 spiro atoms. The maximum absolute atomic E-state index is 13.3. The first-order valence-corrected chi connectivity index (χ1v) is 12.0. The first kappa shape index (κ1) is 21.7. The third-order valence-corrected chi connectivity index (χ3v) is 6.52. The van der Waals surface area contributed by atoms with E-state index in [1.165, 1.54) is 4.40 Å². The minimum Gasteiger partial charge on any atom is -0.437 e. The van der Waals surface area contributed by atoms with Crippen LogP contribution < -0.4 is 5.56 Å². The fraction of sp³-hybridized carbons (Fsp3) is 0. The maximum Gasteiger partial charge on any atom is 0.266 e. The molecular weight excluding hydrogens is 474 g/mol. The van der Waals surface area contributed by atoms with Gasteiger partial charge in [0.15, 0.2) is 23.1 Å². The summed E-state index contributed by atoms with van der Waals surface area (Å²) >= 11 is 0. The Morgan fingerprint density at radius 1 is 0.658 bits per heavy atom. The highest BCUT2D eigenvalue weighted by Crippen LogP contribution is 2.30. The number of nitriles is 1. The fourth-order valence-electron chi connectivity index (χ4n) is 4.71. The first-order chi connectivity index (χ1) is 18.7. The summed E-state index contributed by atoms with van der Waals surface area (Å²) in [5.41, 5.74) is 3.75. The molecule has 0 aliphatic heterocycles. The summed E-state index contributed by atoms with van der Waals surface area (Å²) < 4.78 is 7.58. The monoisotopic (exact) mass is 491 g/mol. The van der Waals surface area contributed by atoms with Gasteiger partial charge >= 0.3 is 0 Å². The van der Waals surface area contributed by atoms with E-state index in [0.29, 0.717) is 50.5 Å². The molecule has 0 aliphatic rings. The molecule has 4 aromatic carbocycles. The summed E-state index contributed by atoms with van der Waals surface area (Å²) in [5.74, 6) is 1.57. The lowest BCUT2D eigenvalue weighted by Gasteiger charge is -2.08. The number of oxazole rings is 1. The molecule has 7 aromatic rings. The molecule has 178 valence electrons. The van der Waals surface area contributed by atoms with Gasteiger partial charge in [0.25, 0.3) is 5.56 Å². The second kappa shape index (κ2) is 8.50. The van der Waals surface area contributed by atoms with Gasteiger partial charge < -0.3 is 4.42 Å². The van der Waals surface area contributed by atoms with Crippen molar-refractivity contribution < 1.29 is 4.42 Å². The molecule has 0 atom stereocenters. The molecule has 38 heavy (non-hydrogen) atoms. The maximum atomic E-state index is 13.3. The molecule has 0 saturated carbocycles. The third-order valence-electron chi connectivity index (χ3n) is 6.52. The zero-order chi connectivity index (χ0) is 25.6. The van der Waals surface area contributed by atoms with Gasteiger partial charge in [-0.1, -0.05) is 78.9 Å². The van der Waals surface area contributed by atoms with Crippen molar-refractivity contribution >= 4 is 27.6 Å². The Hall–Kier alpha value is -5.61. The number of fused-ring (bicyclic) bond motifs is 4. The molecule has 0 unspecified atom stereocenters. The Balaban J connectivity index is 1.48. The van der Waals surface area contributed by atoms with Crippen LogP contribution in [-0.2, 0) is 0 Å². The van der Waals surface area contributed by atoms with Gasteiger partial charge in [-0.3, -0.25) is 4.79 Å². The lowest BCUT2D eigenvalue weighted by atomic mass is 10.1. The van der Waals surface area contributed by atoms with Gasteiger partial charge in [0, 0.05) is 27.5 Å². The number of aromatic nitrogens is 4. The van der Waals surface area contributed by atoms with Crippen LogP contribution >= 0.6 is 0 Å². The van der Waals surface area contributed by atoms with Crippen molar-refractivity contribution in [1.29, 1.82) is 5.26 Å². The van der Waals surface area contributed by atoms with Crippen LogP contribution in [0.2, 0.25) is 0 Å². The van der Waals surface area contributed by atoms with Crippen molar-refractivity contribution in [2.75, 3.05) is 0 Å². The molecule has 0 radical (unpaired) electrons. The van der Waals surface area contributed by atoms with Crippen LogP contribution in [0, 0.1) is 11.3 Å². The van der Waals surface area contributed by atoms with Crippen molar-refractivity contribution in [2.45, 2.75) is 0 Å². The van der Waals surface area contributed by atoms with Gasteiger partial charge in [0.05, 0.1) is 5.52 Å². The van der Waals surface area contributed by atoms with E-state index in [4.69, 9.17) is 19.4 Å². The van der Waals surface area contributed by atoms with Crippen molar-refractivity contribution in [3.05, 3.63) is 119 Å². The van der Waals surface area contributed by atoms with Crippen molar-refractivity contribution in [3.63, 3.8) is 0 Å². The van der Waals surface area contributed by atoms with E-state index in [1.54, 1.807) is 36.4 Å². The molecule has 0 saturated heterocycles. The average Bonchev–Trinajstić information content (AvgIpc) is 3.37. The Morgan fingerprint density at radius 2 is 1.21 bits per heavy atom. The smallest absolute Gasteiger partial charge is 0.266 e. The summed E-state index contributed by atoms with van der Waals surface area (Å²) in [7, 11) is 0. The Labute approximate surface area is 215 Å². The molecule has 0 aliphatic carbocycles. The van der Waals surface area contributed by atoms with Crippen LogP contribution in [0.3, 0.4) is 0 Å². The lowest BCUT2D eigenvalue weighted by Crippen LogP contribution is -2.13. The summed E-state index contributed by atoms with van der Waals surface area (Å²) in [4.78, 5) is 27.6. The summed E-state index contributed by atoms with van der Waals surface area (Å²) in [6, 6.07) is 34.2. The molecular formula is C31H17N5O2. The van der Waals surface area contributed by atoms with E-state index >= 15 is 0 Å². The van der Waals surface area contributed by atoms with Crippen LogP contribution in [0.4, 0.5) is 0 Å². The molecule has 7 nitrogen and oxygen atoms in total. The van der Waals surface area contributed by atoms with Gasteiger partial charge in [-0.15, -0.1) is 0 Å². The second-order valence-electron chi connectivity index (χ2n) is 8.80.